The summed E-state index contributed by atoms with van der Waals surface area (Å²) >= 11 is 0. The molecular weight excluding hydrogens is 459 g/mol. The second-order valence-electron chi connectivity index (χ2n) is 7.69. The van der Waals surface area contributed by atoms with E-state index in [2.05, 4.69) is 15.6 Å². The summed E-state index contributed by atoms with van der Waals surface area (Å²) in [6, 6.07) is 0. The number of piperidine rings is 1. The summed E-state index contributed by atoms with van der Waals surface area (Å²) < 4.78 is 10.8. The van der Waals surface area contributed by atoms with Crippen molar-refractivity contribution >= 4 is 36.0 Å². The molecule has 0 aromatic rings. The summed E-state index contributed by atoms with van der Waals surface area (Å²) in [6.07, 6.45) is 3.89. The first kappa shape index (κ1) is 26.2. The predicted octanol–water partition coefficient (Wildman–Crippen LogP) is 3.23. The van der Waals surface area contributed by atoms with Gasteiger partial charge in [-0.15, -0.1) is 24.0 Å². The fourth-order valence-corrected chi connectivity index (χ4v) is 2.79. The van der Waals surface area contributed by atoms with E-state index in [0.717, 1.165) is 71.0 Å². The Balaban J connectivity index is 0.00000676. The Kier molecular flexibility index (Phi) is 13.9. The lowest BCUT2D eigenvalue weighted by molar-refractivity contribution is 0.0185. The SMILES string of the molecule is CCOCCCCNC(=NC)NCC1CCN(C(=O)OC(C)(C)C)CC1.I. The number of unbranched alkanes of at least 4 members (excludes halogenated alkanes) is 1. The smallest absolute Gasteiger partial charge is 0.410 e. The Labute approximate surface area is 182 Å². The largest absolute Gasteiger partial charge is 0.444 e. The Bertz CT molecular complexity index is 433. The summed E-state index contributed by atoms with van der Waals surface area (Å²) in [5, 5.41) is 6.73. The van der Waals surface area contributed by atoms with Crippen LogP contribution in [0.5, 0.6) is 0 Å². The molecule has 0 saturated carbocycles. The number of guanidine groups is 1. The molecule has 1 saturated heterocycles. The van der Waals surface area contributed by atoms with Crippen molar-refractivity contribution < 1.29 is 14.3 Å². The molecule has 1 rings (SSSR count). The van der Waals surface area contributed by atoms with E-state index < -0.39 is 5.60 Å². The maximum absolute atomic E-state index is 12.1. The highest BCUT2D eigenvalue weighted by Crippen LogP contribution is 2.19. The van der Waals surface area contributed by atoms with Gasteiger partial charge < -0.3 is 25.0 Å². The molecule has 7 nitrogen and oxygen atoms in total. The van der Waals surface area contributed by atoms with E-state index in [0.29, 0.717) is 5.92 Å². The Morgan fingerprint density at radius 2 is 1.85 bits per heavy atom. The quantitative estimate of drug-likeness (QED) is 0.233. The van der Waals surface area contributed by atoms with Gasteiger partial charge in [-0.2, -0.15) is 0 Å². The molecule has 2 N–H and O–H groups in total. The zero-order valence-electron chi connectivity index (χ0n) is 17.7. The van der Waals surface area contributed by atoms with E-state index in [1.54, 1.807) is 7.05 Å². The summed E-state index contributed by atoms with van der Waals surface area (Å²) in [7, 11) is 1.79. The molecule has 27 heavy (non-hydrogen) atoms. The topological polar surface area (TPSA) is 75.2 Å². The van der Waals surface area contributed by atoms with Gasteiger partial charge in [-0.3, -0.25) is 4.99 Å². The van der Waals surface area contributed by atoms with E-state index in [1.807, 2.05) is 32.6 Å². The van der Waals surface area contributed by atoms with Gasteiger partial charge in [0.2, 0.25) is 0 Å². The second-order valence-corrected chi connectivity index (χ2v) is 7.69. The monoisotopic (exact) mass is 498 g/mol. The van der Waals surface area contributed by atoms with Crippen molar-refractivity contribution in [1.29, 1.82) is 0 Å². The number of carbonyl (C=O) groups is 1. The lowest BCUT2D eigenvalue weighted by Gasteiger charge is -2.33. The van der Waals surface area contributed by atoms with Gasteiger partial charge in [0.25, 0.3) is 0 Å². The number of nitrogens with one attached hydrogen (secondary N) is 2. The molecule has 1 amide bonds. The minimum absolute atomic E-state index is 0. The Morgan fingerprint density at radius 1 is 1.19 bits per heavy atom. The van der Waals surface area contributed by atoms with Gasteiger partial charge in [0, 0.05) is 46.4 Å². The van der Waals surface area contributed by atoms with Crippen LogP contribution in [0.25, 0.3) is 0 Å². The van der Waals surface area contributed by atoms with Crippen molar-refractivity contribution in [2.75, 3.05) is 46.4 Å². The molecule has 0 radical (unpaired) electrons. The van der Waals surface area contributed by atoms with Gasteiger partial charge in [-0.05, 0) is 59.3 Å². The third kappa shape index (κ3) is 12.3. The number of nitrogens with zero attached hydrogens (tertiary/aromatic N) is 2. The van der Waals surface area contributed by atoms with Crippen LogP contribution in [-0.2, 0) is 9.47 Å². The molecule has 0 atom stereocenters. The van der Waals surface area contributed by atoms with Crippen molar-refractivity contribution in [2.45, 2.75) is 59.0 Å². The molecule has 0 aromatic carbocycles. The number of likely N-dealkylation sites (tertiary alicyclic amines) is 1. The van der Waals surface area contributed by atoms with E-state index in [-0.39, 0.29) is 30.1 Å². The van der Waals surface area contributed by atoms with Gasteiger partial charge in [0.05, 0.1) is 0 Å². The first-order chi connectivity index (χ1) is 12.4. The van der Waals surface area contributed by atoms with E-state index in [9.17, 15) is 4.79 Å². The standard InChI is InChI=1S/C19H38N4O3.HI/c1-6-25-14-8-7-11-21-17(20-5)22-15-16-9-12-23(13-10-16)18(24)26-19(2,3)4;/h16H,6-15H2,1-5H3,(H2,20,21,22);1H. The van der Waals surface area contributed by atoms with Gasteiger partial charge in [-0.25, -0.2) is 4.79 Å². The van der Waals surface area contributed by atoms with Crippen LogP contribution in [-0.4, -0.2) is 69.0 Å². The molecule has 0 aliphatic carbocycles. The number of hydrogen-bond acceptors (Lipinski definition) is 4. The van der Waals surface area contributed by atoms with Crippen LogP contribution >= 0.6 is 24.0 Å². The molecule has 8 heteroatoms. The van der Waals surface area contributed by atoms with Gasteiger partial charge in [-0.1, -0.05) is 0 Å². The van der Waals surface area contributed by atoms with Crippen LogP contribution in [0, 0.1) is 5.92 Å². The highest BCUT2D eigenvalue weighted by molar-refractivity contribution is 14.0. The van der Waals surface area contributed by atoms with Gasteiger partial charge in [0.15, 0.2) is 5.96 Å². The number of halogens is 1. The summed E-state index contributed by atoms with van der Waals surface area (Å²) in [5.41, 5.74) is -0.434. The molecule has 0 bridgehead atoms. The molecule has 0 spiro atoms. The number of ether oxygens (including phenoxy) is 2. The van der Waals surface area contributed by atoms with Crippen LogP contribution in [0.3, 0.4) is 0 Å². The highest BCUT2D eigenvalue weighted by Gasteiger charge is 2.26. The molecule has 1 aliphatic heterocycles. The van der Waals surface area contributed by atoms with Gasteiger partial charge >= 0.3 is 6.09 Å². The van der Waals surface area contributed by atoms with Crippen LogP contribution in [0.4, 0.5) is 4.79 Å². The minimum atomic E-state index is -0.434. The fraction of sp³-hybridized carbons (Fsp3) is 0.895. The second kappa shape index (κ2) is 14.3. The van der Waals surface area contributed by atoms with Crippen molar-refractivity contribution in [2.24, 2.45) is 10.9 Å². The lowest BCUT2D eigenvalue weighted by Crippen LogP contribution is -2.45. The first-order valence-electron chi connectivity index (χ1n) is 9.86. The van der Waals surface area contributed by atoms with Crippen molar-refractivity contribution in [3.05, 3.63) is 0 Å². The zero-order chi connectivity index (χ0) is 19.4. The normalized spacial score (nSPS) is 15.9. The van der Waals surface area contributed by atoms with Crippen molar-refractivity contribution in [3.8, 4) is 0 Å². The first-order valence-corrected chi connectivity index (χ1v) is 9.86. The average Bonchev–Trinajstić information content (AvgIpc) is 2.59. The average molecular weight is 498 g/mol. The molecule has 0 aromatic heterocycles. The summed E-state index contributed by atoms with van der Waals surface area (Å²) in [5.74, 6) is 1.39. The third-order valence-electron chi connectivity index (χ3n) is 4.26. The Morgan fingerprint density at radius 3 is 2.41 bits per heavy atom. The molecular formula is C19H39IN4O3. The maximum Gasteiger partial charge on any atom is 0.410 e. The van der Waals surface area contributed by atoms with Crippen molar-refractivity contribution in [1.82, 2.24) is 15.5 Å². The van der Waals surface area contributed by atoms with Crippen LogP contribution in [0.1, 0.15) is 53.4 Å². The van der Waals surface area contributed by atoms with Crippen LogP contribution < -0.4 is 10.6 Å². The summed E-state index contributed by atoms with van der Waals surface area (Å²) in [4.78, 5) is 18.2. The molecule has 1 fully saturated rings. The van der Waals surface area contributed by atoms with Gasteiger partial charge in [0.1, 0.15) is 5.60 Å². The van der Waals surface area contributed by atoms with E-state index in [1.165, 1.54) is 0 Å². The predicted molar refractivity (Wildman–Crippen MR) is 121 cm³/mol. The number of rotatable bonds is 8. The summed E-state index contributed by atoms with van der Waals surface area (Å²) in [6.45, 7) is 12.6. The Hall–Kier alpha value is -0.770. The van der Waals surface area contributed by atoms with E-state index >= 15 is 0 Å². The maximum atomic E-state index is 12.1. The zero-order valence-corrected chi connectivity index (χ0v) is 20.0. The molecule has 1 heterocycles. The number of amides is 1. The number of aliphatic imine (C=N–C) groups is 1. The molecule has 1 aliphatic rings. The van der Waals surface area contributed by atoms with E-state index in [4.69, 9.17) is 9.47 Å². The van der Waals surface area contributed by atoms with Crippen LogP contribution in [0.15, 0.2) is 4.99 Å². The van der Waals surface area contributed by atoms with Crippen LogP contribution in [0.2, 0.25) is 0 Å². The third-order valence-corrected chi connectivity index (χ3v) is 4.26. The number of hydrogen-bond donors (Lipinski definition) is 2. The lowest BCUT2D eigenvalue weighted by atomic mass is 9.97. The number of carbonyl (C=O) groups excluding carboxylic acids is 1. The van der Waals surface area contributed by atoms with Crippen molar-refractivity contribution in [3.63, 3.8) is 0 Å². The highest BCUT2D eigenvalue weighted by atomic mass is 127. The minimum Gasteiger partial charge on any atom is -0.444 e. The molecule has 160 valence electrons. The molecule has 0 unspecified atom stereocenters. The fourth-order valence-electron chi connectivity index (χ4n) is 2.79.